The van der Waals surface area contributed by atoms with Gasteiger partial charge in [0.05, 0.1) is 22.1 Å². The minimum Gasteiger partial charge on any atom is -0.309 e. The van der Waals surface area contributed by atoms with E-state index in [2.05, 4.69) is 205 Å². The molecule has 0 saturated heterocycles. The van der Waals surface area contributed by atoms with Crippen LogP contribution in [0.25, 0.3) is 72.8 Å². The van der Waals surface area contributed by atoms with Crippen molar-refractivity contribution in [1.29, 1.82) is 0 Å². The Hall–Kier alpha value is -7.78. The molecular weight excluding hydrogens is 784 g/mol. The number of benzene rings is 9. The Morgan fingerprint density at radius 2 is 0.857 bits per heavy atom. The largest absolute Gasteiger partial charge is 0.309 e. The molecule has 0 radical (unpaired) electrons. The molecule has 5 heteroatoms. The summed E-state index contributed by atoms with van der Waals surface area (Å²) in [5.74, 6) is 1.92. The van der Waals surface area contributed by atoms with Crippen LogP contribution < -0.4 is 15.9 Å². The first-order chi connectivity index (χ1) is 31.3. The van der Waals surface area contributed by atoms with Crippen LogP contribution in [0.5, 0.6) is 0 Å². The number of nitrogens with zero attached hydrogens (tertiary/aromatic N) is 4. The molecule has 0 aliphatic carbocycles. The molecule has 4 heterocycles. The highest BCUT2D eigenvalue weighted by atomic mass is 31.1. The van der Waals surface area contributed by atoms with E-state index < -0.39 is 13.3 Å². The van der Waals surface area contributed by atoms with Crippen LogP contribution in [0.1, 0.15) is 22.3 Å². The van der Waals surface area contributed by atoms with Crippen LogP contribution in [-0.2, 0) is 5.41 Å². The maximum absolute atomic E-state index is 5.33. The number of aromatic nitrogens is 4. The monoisotopic (exact) mass is 820 g/mol. The Morgan fingerprint density at radius 1 is 0.349 bits per heavy atom. The number of hydrogen-bond acceptors (Lipinski definition) is 3. The third-order valence-corrected chi connectivity index (χ3v) is 15.6. The summed E-state index contributed by atoms with van der Waals surface area (Å²) in [5.41, 5.74) is 13.3. The van der Waals surface area contributed by atoms with Crippen molar-refractivity contribution >= 4 is 45.6 Å². The van der Waals surface area contributed by atoms with E-state index in [4.69, 9.17) is 15.0 Å². The van der Waals surface area contributed by atoms with E-state index in [9.17, 15) is 0 Å². The van der Waals surface area contributed by atoms with E-state index in [-0.39, 0.29) is 0 Å². The molecule has 11 aromatic rings. The first-order valence-electron chi connectivity index (χ1n) is 21.5. The van der Waals surface area contributed by atoms with E-state index in [1.807, 2.05) is 24.3 Å². The van der Waals surface area contributed by atoms with Crippen molar-refractivity contribution in [3.8, 4) is 51.0 Å². The molecule has 0 bridgehead atoms. The predicted molar refractivity (Wildman–Crippen MR) is 260 cm³/mol. The summed E-state index contributed by atoms with van der Waals surface area (Å²) in [4.78, 5) is 15.8. The van der Waals surface area contributed by atoms with Crippen molar-refractivity contribution in [3.05, 3.63) is 247 Å². The van der Waals surface area contributed by atoms with Gasteiger partial charge in [0.15, 0.2) is 17.5 Å². The van der Waals surface area contributed by atoms with Gasteiger partial charge in [-0.25, -0.2) is 15.0 Å². The van der Waals surface area contributed by atoms with E-state index in [1.165, 1.54) is 71.2 Å². The molecule has 4 nitrogen and oxygen atoms in total. The molecule has 1 spiro atoms. The van der Waals surface area contributed by atoms with Crippen LogP contribution in [0, 0.1) is 0 Å². The maximum Gasteiger partial charge on any atom is 0.164 e. The average molecular weight is 821 g/mol. The molecule has 2 aromatic heterocycles. The topological polar surface area (TPSA) is 43.6 Å². The second-order valence-corrected chi connectivity index (χ2v) is 18.5. The van der Waals surface area contributed by atoms with E-state index in [0.717, 1.165) is 22.3 Å². The molecule has 9 aromatic carbocycles. The molecule has 0 amide bonds. The summed E-state index contributed by atoms with van der Waals surface area (Å²) in [6.07, 6.45) is 0. The molecule has 2 unspecified atom stereocenters. The van der Waals surface area contributed by atoms with Crippen molar-refractivity contribution in [2.45, 2.75) is 5.41 Å². The number of rotatable bonds is 5. The van der Waals surface area contributed by atoms with Crippen molar-refractivity contribution in [1.82, 2.24) is 19.5 Å². The van der Waals surface area contributed by atoms with Crippen LogP contribution in [0.15, 0.2) is 224 Å². The molecule has 13 rings (SSSR count). The normalized spacial score (nSPS) is 15.8. The molecular formula is C58H37N4P. The number of para-hydroxylation sites is 3. The molecule has 2 aliphatic rings. The first-order valence-corrected chi connectivity index (χ1v) is 22.8. The SMILES string of the molecule is c1ccc(-c2ccc(-c3nc(-c4ccccc4)nc(-c4ccc5c(c4)C4(c6ccccc6-n6c7ccccc7c7cccc4c76)c4ccccc4P5c4ccccc4)n3)cc2)cc1. The minimum absolute atomic E-state index is 0.639. The van der Waals surface area contributed by atoms with Crippen molar-refractivity contribution in [2.75, 3.05) is 0 Å². The summed E-state index contributed by atoms with van der Waals surface area (Å²) in [7, 11) is -0.933. The van der Waals surface area contributed by atoms with E-state index >= 15 is 0 Å². The zero-order valence-corrected chi connectivity index (χ0v) is 35.0. The van der Waals surface area contributed by atoms with E-state index in [0.29, 0.717) is 17.5 Å². The number of fused-ring (bicyclic) bond motifs is 11. The van der Waals surface area contributed by atoms with Gasteiger partial charge in [-0.1, -0.05) is 206 Å². The van der Waals surface area contributed by atoms with Crippen molar-refractivity contribution in [3.63, 3.8) is 0 Å². The van der Waals surface area contributed by atoms with Crippen molar-refractivity contribution < 1.29 is 0 Å². The zero-order valence-electron chi connectivity index (χ0n) is 34.1. The highest BCUT2D eigenvalue weighted by molar-refractivity contribution is 7.80. The first kappa shape index (κ1) is 35.9. The molecule has 0 N–H and O–H groups in total. The Kier molecular flexibility index (Phi) is 8.06. The molecule has 0 saturated carbocycles. The average Bonchev–Trinajstić information content (AvgIpc) is 3.71. The molecule has 294 valence electrons. The maximum atomic E-state index is 5.33. The molecule has 2 aliphatic heterocycles. The smallest absolute Gasteiger partial charge is 0.164 e. The van der Waals surface area contributed by atoms with Crippen LogP contribution in [0.2, 0.25) is 0 Å². The Labute approximate surface area is 366 Å². The summed E-state index contributed by atoms with van der Waals surface area (Å²) < 4.78 is 2.51. The van der Waals surface area contributed by atoms with Crippen LogP contribution in [0.4, 0.5) is 0 Å². The highest BCUT2D eigenvalue weighted by Crippen LogP contribution is 2.58. The second kappa shape index (κ2) is 14.1. The van der Waals surface area contributed by atoms with Gasteiger partial charge < -0.3 is 4.57 Å². The van der Waals surface area contributed by atoms with Gasteiger partial charge in [-0.05, 0) is 75.4 Å². The van der Waals surface area contributed by atoms with Crippen LogP contribution >= 0.6 is 7.92 Å². The van der Waals surface area contributed by atoms with E-state index in [1.54, 1.807) is 0 Å². The second-order valence-electron chi connectivity index (χ2n) is 16.4. The van der Waals surface area contributed by atoms with Crippen LogP contribution in [-0.4, -0.2) is 19.5 Å². The standard InChI is InChI=1S/C58H37N4P/c1-4-17-38(18-5-1)39-31-33-41(34-32-39)56-59-55(40-19-6-2-7-20-40)60-57(61-56)42-35-36-53-49(37-42)58(47-26-12-15-30-52(47)63(53)43-21-8-3-9-22-43)46-25-11-14-29-51(46)62-50-28-13-10-23-44(50)45-24-16-27-48(58)54(45)62/h1-37H. The van der Waals surface area contributed by atoms with Gasteiger partial charge in [0.25, 0.3) is 0 Å². The molecule has 2 atom stereocenters. The van der Waals surface area contributed by atoms with Gasteiger partial charge >= 0.3 is 0 Å². The van der Waals surface area contributed by atoms with Gasteiger partial charge in [-0.15, -0.1) is 0 Å². The van der Waals surface area contributed by atoms with Gasteiger partial charge in [0.2, 0.25) is 0 Å². The lowest BCUT2D eigenvalue weighted by atomic mass is 9.62. The third-order valence-electron chi connectivity index (χ3n) is 13.0. The van der Waals surface area contributed by atoms with Crippen LogP contribution in [0.3, 0.4) is 0 Å². The van der Waals surface area contributed by atoms with Gasteiger partial charge in [-0.3, -0.25) is 0 Å². The minimum atomic E-state index is -0.933. The fraction of sp³-hybridized carbons (Fsp3) is 0.0172. The summed E-state index contributed by atoms with van der Waals surface area (Å²) >= 11 is 0. The lowest BCUT2D eigenvalue weighted by Gasteiger charge is -2.48. The van der Waals surface area contributed by atoms with Gasteiger partial charge in [0, 0.05) is 27.5 Å². The quantitative estimate of drug-likeness (QED) is 0.162. The molecule has 0 fully saturated rings. The highest BCUT2D eigenvalue weighted by Gasteiger charge is 2.51. The fourth-order valence-electron chi connectivity index (χ4n) is 10.4. The lowest BCUT2D eigenvalue weighted by Crippen LogP contribution is -2.47. The summed E-state index contributed by atoms with van der Waals surface area (Å²) in [5, 5.41) is 6.56. The zero-order chi connectivity index (χ0) is 41.5. The number of hydrogen-bond donors (Lipinski definition) is 0. The fourth-order valence-corrected chi connectivity index (χ4v) is 13.1. The van der Waals surface area contributed by atoms with Crippen molar-refractivity contribution in [2.24, 2.45) is 0 Å². The summed E-state index contributed by atoms with van der Waals surface area (Å²) in [6, 6.07) is 81.5. The third kappa shape index (κ3) is 5.35. The van der Waals surface area contributed by atoms with Gasteiger partial charge in [-0.2, -0.15) is 0 Å². The summed E-state index contributed by atoms with van der Waals surface area (Å²) in [6.45, 7) is 0. The lowest BCUT2D eigenvalue weighted by molar-refractivity contribution is 0.734. The molecule has 63 heavy (non-hydrogen) atoms. The predicted octanol–water partition coefficient (Wildman–Crippen LogP) is 12.4. The Bertz CT molecular complexity index is 3570. The Morgan fingerprint density at radius 3 is 1.62 bits per heavy atom. The Balaban J connectivity index is 1.11. The van der Waals surface area contributed by atoms with Gasteiger partial charge in [0.1, 0.15) is 0 Å².